The SMILES string of the molecule is C=CCn1c(CCOC(N)=O)nc(C(C)C)c1Sc1cc(Cl)cc(Cl)c1. The van der Waals surface area contributed by atoms with Crippen LogP contribution < -0.4 is 5.73 Å². The second-order valence-electron chi connectivity index (χ2n) is 5.90. The van der Waals surface area contributed by atoms with E-state index < -0.39 is 6.09 Å². The third-order valence-electron chi connectivity index (χ3n) is 3.50. The predicted molar refractivity (Wildman–Crippen MR) is 106 cm³/mol. The monoisotopic (exact) mass is 413 g/mol. The van der Waals surface area contributed by atoms with E-state index in [4.69, 9.17) is 38.7 Å². The van der Waals surface area contributed by atoms with Crippen molar-refractivity contribution in [2.75, 3.05) is 6.61 Å². The number of amides is 1. The summed E-state index contributed by atoms with van der Waals surface area (Å²) in [6.45, 7) is 8.76. The molecule has 26 heavy (non-hydrogen) atoms. The molecule has 0 aliphatic rings. The standard InChI is InChI=1S/C18H21Cl2N3O2S/c1-4-6-23-15(5-7-25-18(21)24)22-16(11(2)3)17(23)26-14-9-12(19)8-13(20)10-14/h4,8-11H,1,5-7H2,2-3H3,(H2,21,24). The van der Waals surface area contributed by atoms with Crippen LogP contribution in [0.3, 0.4) is 0 Å². The maximum atomic E-state index is 10.8. The predicted octanol–water partition coefficient (Wildman–Crippen LogP) is 5.29. The lowest BCUT2D eigenvalue weighted by molar-refractivity contribution is 0.157. The number of halogens is 2. The Bertz CT molecular complexity index is 786. The Labute approximate surface area is 167 Å². The summed E-state index contributed by atoms with van der Waals surface area (Å²) in [6.07, 6.45) is 1.48. The molecule has 0 aliphatic heterocycles. The highest BCUT2D eigenvalue weighted by Gasteiger charge is 2.20. The largest absolute Gasteiger partial charge is 0.449 e. The number of allylic oxidation sites excluding steroid dienone is 1. The van der Waals surface area contributed by atoms with Gasteiger partial charge >= 0.3 is 6.09 Å². The van der Waals surface area contributed by atoms with Crippen molar-refractivity contribution in [2.24, 2.45) is 5.73 Å². The Hall–Kier alpha value is -1.63. The lowest BCUT2D eigenvalue weighted by atomic mass is 10.1. The Morgan fingerprint density at radius 3 is 2.58 bits per heavy atom. The fraction of sp³-hybridized carbons (Fsp3) is 0.333. The van der Waals surface area contributed by atoms with E-state index >= 15 is 0 Å². The van der Waals surface area contributed by atoms with Gasteiger partial charge in [-0.25, -0.2) is 9.78 Å². The van der Waals surface area contributed by atoms with Gasteiger partial charge < -0.3 is 15.0 Å². The van der Waals surface area contributed by atoms with Crippen molar-refractivity contribution < 1.29 is 9.53 Å². The highest BCUT2D eigenvalue weighted by Crippen LogP contribution is 2.37. The van der Waals surface area contributed by atoms with Crippen molar-refractivity contribution in [2.45, 2.75) is 42.7 Å². The summed E-state index contributed by atoms with van der Waals surface area (Å²) in [5.74, 6) is 1.03. The number of rotatable bonds is 8. The smallest absolute Gasteiger partial charge is 0.404 e. The number of aromatic nitrogens is 2. The van der Waals surface area contributed by atoms with Gasteiger partial charge in [0.2, 0.25) is 0 Å². The van der Waals surface area contributed by atoms with Crippen LogP contribution in [0.25, 0.3) is 0 Å². The summed E-state index contributed by atoms with van der Waals surface area (Å²) in [7, 11) is 0. The van der Waals surface area contributed by atoms with Crippen molar-refractivity contribution in [1.82, 2.24) is 9.55 Å². The lowest BCUT2D eigenvalue weighted by Gasteiger charge is -2.12. The zero-order valence-electron chi connectivity index (χ0n) is 14.7. The minimum Gasteiger partial charge on any atom is -0.449 e. The number of carbonyl (C=O) groups is 1. The summed E-state index contributed by atoms with van der Waals surface area (Å²) in [6, 6.07) is 5.43. The second-order valence-corrected chi connectivity index (χ2v) is 7.83. The van der Waals surface area contributed by atoms with Gasteiger partial charge in [-0.1, -0.05) is 54.9 Å². The zero-order valence-corrected chi connectivity index (χ0v) is 17.0. The Morgan fingerprint density at radius 2 is 2.04 bits per heavy atom. The number of primary amides is 1. The van der Waals surface area contributed by atoms with Gasteiger partial charge in [0.25, 0.3) is 0 Å². The normalized spacial score (nSPS) is 11.0. The molecule has 0 aliphatic carbocycles. The third kappa shape index (κ3) is 5.43. The highest BCUT2D eigenvalue weighted by molar-refractivity contribution is 7.99. The molecule has 5 nitrogen and oxygen atoms in total. The number of benzene rings is 1. The van der Waals surface area contributed by atoms with Crippen LogP contribution >= 0.6 is 35.0 Å². The number of nitrogens with zero attached hydrogens (tertiary/aromatic N) is 2. The van der Waals surface area contributed by atoms with E-state index in [9.17, 15) is 4.79 Å². The summed E-state index contributed by atoms with van der Waals surface area (Å²) in [5.41, 5.74) is 5.99. The number of ether oxygens (including phenoxy) is 1. The first-order valence-corrected chi connectivity index (χ1v) is 9.65. The number of imidazole rings is 1. The molecule has 0 bridgehead atoms. The molecule has 0 saturated carbocycles. The van der Waals surface area contributed by atoms with Crippen LogP contribution in [0.15, 0.2) is 40.8 Å². The molecule has 0 radical (unpaired) electrons. The average Bonchev–Trinajstić information content (AvgIpc) is 2.85. The molecule has 8 heteroatoms. The van der Waals surface area contributed by atoms with Gasteiger partial charge in [0.1, 0.15) is 17.5 Å². The fourth-order valence-electron chi connectivity index (χ4n) is 2.44. The van der Waals surface area contributed by atoms with E-state index in [-0.39, 0.29) is 12.5 Å². The van der Waals surface area contributed by atoms with Crippen molar-refractivity contribution in [3.63, 3.8) is 0 Å². The topological polar surface area (TPSA) is 70.1 Å². The number of hydrogen-bond donors (Lipinski definition) is 1. The van der Waals surface area contributed by atoms with Gasteiger partial charge in [-0.05, 0) is 24.1 Å². The summed E-state index contributed by atoms with van der Waals surface area (Å²) in [5, 5.41) is 2.15. The van der Waals surface area contributed by atoms with Crippen molar-refractivity contribution >= 4 is 41.1 Å². The number of hydrogen-bond acceptors (Lipinski definition) is 4. The first kappa shape index (κ1) is 20.7. The summed E-state index contributed by atoms with van der Waals surface area (Å²) in [4.78, 5) is 16.5. The third-order valence-corrected chi connectivity index (χ3v) is 5.04. The molecule has 1 aromatic carbocycles. The number of carbonyl (C=O) groups excluding carboxylic acids is 1. The van der Waals surface area contributed by atoms with E-state index in [1.807, 2.05) is 12.1 Å². The lowest BCUT2D eigenvalue weighted by Crippen LogP contribution is -2.16. The molecular weight excluding hydrogens is 393 g/mol. The van der Waals surface area contributed by atoms with Gasteiger partial charge in [-0.2, -0.15) is 0 Å². The van der Waals surface area contributed by atoms with Gasteiger partial charge in [-0.3, -0.25) is 0 Å². The molecule has 2 rings (SSSR count). The van der Waals surface area contributed by atoms with Gasteiger partial charge in [0.15, 0.2) is 0 Å². The van der Waals surface area contributed by atoms with Crippen LogP contribution in [-0.2, 0) is 17.7 Å². The molecule has 140 valence electrons. The van der Waals surface area contributed by atoms with Crippen LogP contribution in [0.4, 0.5) is 4.79 Å². The second kappa shape index (κ2) is 9.35. The van der Waals surface area contributed by atoms with E-state index in [2.05, 4.69) is 25.0 Å². The summed E-state index contributed by atoms with van der Waals surface area (Å²) < 4.78 is 6.92. The molecule has 1 amide bonds. The van der Waals surface area contributed by atoms with Crippen molar-refractivity contribution in [3.8, 4) is 0 Å². The summed E-state index contributed by atoms with van der Waals surface area (Å²) >= 11 is 13.8. The maximum absolute atomic E-state index is 10.8. The van der Waals surface area contributed by atoms with E-state index in [1.165, 1.54) is 0 Å². The van der Waals surface area contributed by atoms with E-state index in [0.717, 1.165) is 21.4 Å². The fourth-order valence-corrected chi connectivity index (χ4v) is 4.36. The van der Waals surface area contributed by atoms with Crippen LogP contribution in [0, 0.1) is 0 Å². The molecule has 2 aromatic rings. The quantitative estimate of drug-likeness (QED) is 0.596. The van der Waals surface area contributed by atoms with Crippen LogP contribution in [0.5, 0.6) is 0 Å². The highest BCUT2D eigenvalue weighted by atomic mass is 35.5. The molecule has 2 N–H and O–H groups in total. The molecule has 0 fully saturated rings. The Morgan fingerprint density at radius 1 is 1.38 bits per heavy atom. The molecule has 0 atom stereocenters. The van der Waals surface area contributed by atoms with E-state index in [0.29, 0.717) is 23.0 Å². The average molecular weight is 414 g/mol. The minimum absolute atomic E-state index is 0.175. The first-order chi connectivity index (χ1) is 12.3. The Kier molecular flexibility index (Phi) is 7.43. The van der Waals surface area contributed by atoms with Crippen LogP contribution in [-0.4, -0.2) is 22.3 Å². The zero-order chi connectivity index (χ0) is 19.3. The van der Waals surface area contributed by atoms with Crippen molar-refractivity contribution in [1.29, 1.82) is 0 Å². The number of nitrogens with two attached hydrogens (primary N) is 1. The molecular formula is C18H21Cl2N3O2S. The molecule has 0 unspecified atom stereocenters. The molecule has 0 saturated heterocycles. The molecule has 1 aromatic heterocycles. The van der Waals surface area contributed by atoms with Gasteiger partial charge in [-0.15, -0.1) is 6.58 Å². The molecule has 0 spiro atoms. The maximum Gasteiger partial charge on any atom is 0.404 e. The Balaban J connectivity index is 2.41. The van der Waals surface area contributed by atoms with Gasteiger partial charge in [0, 0.05) is 27.9 Å². The van der Waals surface area contributed by atoms with Gasteiger partial charge in [0.05, 0.1) is 5.69 Å². The molecule has 1 heterocycles. The van der Waals surface area contributed by atoms with Crippen LogP contribution in [0.1, 0.15) is 31.3 Å². The first-order valence-electron chi connectivity index (χ1n) is 8.08. The minimum atomic E-state index is -0.793. The van der Waals surface area contributed by atoms with Crippen molar-refractivity contribution in [3.05, 3.63) is 52.4 Å². The van der Waals surface area contributed by atoms with Crippen LogP contribution in [0.2, 0.25) is 10.0 Å². The van der Waals surface area contributed by atoms with E-state index in [1.54, 1.807) is 23.9 Å².